The van der Waals surface area contributed by atoms with Gasteiger partial charge in [0, 0.05) is 25.7 Å². The maximum Gasteiger partial charge on any atom is 0.220 e. The molecule has 0 aromatic heterocycles. The average Bonchev–Trinajstić information content (AvgIpc) is 2.44. The van der Waals surface area contributed by atoms with Crippen molar-refractivity contribution in [1.29, 1.82) is 0 Å². The summed E-state index contributed by atoms with van der Waals surface area (Å²) in [5, 5.41) is 15.5. The zero-order valence-corrected chi connectivity index (χ0v) is 12.8. The van der Waals surface area contributed by atoms with E-state index in [1.54, 1.807) is 12.3 Å². The van der Waals surface area contributed by atoms with Crippen LogP contribution < -0.4 is 15.4 Å². The minimum Gasteiger partial charge on any atom is -0.491 e. The molecule has 0 aliphatic rings. The van der Waals surface area contributed by atoms with Crippen LogP contribution in [0.25, 0.3) is 6.08 Å². The zero-order valence-electron chi connectivity index (χ0n) is 12.8. The Morgan fingerprint density at radius 1 is 1.33 bits per heavy atom. The Hall–Kier alpha value is -1.85. The van der Waals surface area contributed by atoms with E-state index in [2.05, 4.69) is 10.6 Å². The second kappa shape index (κ2) is 9.15. The molecule has 0 spiro atoms. The molecule has 1 unspecified atom stereocenters. The molecule has 21 heavy (non-hydrogen) atoms. The molecule has 0 heterocycles. The van der Waals surface area contributed by atoms with Crippen molar-refractivity contribution in [1.82, 2.24) is 10.6 Å². The lowest BCUT2D eigenvalue weighted by molar-refractivity contribution is -0.118. The lowest BCUT2D eigenvalue weighted by Gasteiger charge is -2.15. The standard InChI is InChI=1S/C16H24N2O3/c1-12(2)18-10-15(20)11-21-16-6-4-14(5-7-16)8-9-17-13(3)19/h4-9,12,15,18,20H,10-11H2,1-3H3,(H,17,19)/b9-8+. The molecular weight excluding hydrogens is 268 g/mol. The molecule has 1 aromatic carbocycles. The monoisotopic (exact) mass is 292 g/mol. The van der Waals surface area contributed by atoms with Gasteiger partial charge in [-0.05, 0) is 23.8 Å². The molecule has 1 amide bonds. The Bertz CT molecular complexity index is 455. The number of rotatable bonds is 8. The molecule has 0 radical (unpaired) electrons. The van der Waals surface area contributed by atoms with E-state index in [-0.39, 0.29) is 12.5 Å². The number of carbonyl (C=O) groups is 1. The number of amides is 1. The predicted octanol–water partition coefficient (Wildman–Crippen LogP) is 1.53. The van der Waals surface area contributed by atoms with Gasteiger partial charge in [-0.1, -0.05) is 26.0 Å². The van der Waals surface area contributed by atoms with Crippen LogP contribution >= 0.6 is 0 Å². The van der Waals surface area contributed by atoms with Gasteiger partial charge >= 0.3 is 0 Å². The number of hydrogen-bond acceptors (Lipinski definition) is 4. The van der Waals surface area contributed by atoms with Gasteiger partial charge in [0.05, 0.1) is 0 Å². The molecular formula is C16H24N2O3. The summed E-state index contributed by atoms with van der Waals surface area (Å²) in [6, 6.07) is 7.76. The van der Waals surface area contributed by atoms with Crippen LogP contribution in [-0.4, -0.2) is 36.3 Å². The van der Waals surface area contributed by atoms with E-state index in [1.807, 2.05) is 38.1 Å². The molecule has 0 aliphatic heterocycles. The number of hydrogen-bond donors (Lipinski definition) is 3. The van der Waals surface area contributed by atoms with Crippen molar-refractivity contribution >= 4 is 12.0 Å². The van der Waals surface area contributed by atoms with Gasteiger partial charge in [0.2, 0.25) is 5.91 Å². The van der Waals surface area contributed by atoms with Gasteiger partial charge in [0.1, 0.15) is 18.5 Å². The number of aliphatic hydroxyl groups is 1. The highest BCUT2D eigenvalue weighted by atomic mass is 16.5. The van der Waals surface area contributed by atoms with Gasteiger partial charge in [0.15, 0.2) is 0 Å². The van der Waals surface area contributed by atoms with E-state index >= 15 is 0 Å². The smallest absolute Gasteiger partial charge is 0.220 e. The molecule has 1 aromatic rings. The fraction of sp³-hybridized carbons (Fsp3) is 0.438. The van der Waals surface area contributed by atoms with Crippen LogP contribution in [0.1, 0.15) is 26.3 Å². The number of carbonyl (C=O) groups excluding carboxylic acids is 1. The number of ether oxygens (including phenoxy) is 1. The molecule has 0 bridgehead atoms. The van der Waals surface area contributed by atoms with Crippen LogP contribution in [0, 0.1) is 0 Å². The van der Waals surface area contributed by atoms with E-state index in [0.717, 1.165) is 5.56 Å². The molecule has 5 heteroatoms. The largest absolute Gasteiger partial charge is 0.491 e. The van der Waals surface area contributed by atoms with Crippen LogP contribution in [0.4, 0.5) is 0 Å². The van der Waals surface area contributed by atoms with Crippen molar-refractivity contribution in [3.63, 3.8) is 0 Å². The Kier molecular flexibility index (Phi) is 7.50. The SMILES string of the molecule is CC(=O)N/C=C/c1ccc(OCC(O)CNC(C)C)cc1. The van der Waals surface area contributed by atoms with Gasteiger partial charge in [-0.25, -0.2) is 0 Å². The van der Waals surface area contributed by atoms with Crippen molar-refractivity contribution in [2.45, 2.75) is 32.9 Å². The first-order valence-electron chi connectivity index (χ1n) is 7.05. The maximum atomic E-state index is 10.7. The van der Waals surface area contributed by atoms with E-state index in [0.29, 0.717) is 18.3 Å². The van der Waals surface area contributed by atoms with Crippen molar-refractivity contribution < 1.29 is 14.6 Å². The third-order valence-electron chi connectivity index (χ3n) is 2.65. The van der Waals surface area contributed by atoms with Crippen LogP contribution in [0.2, 0.25) is 0 Å². The molecule has 3 N–H and O–H groups in total. The van der Waals surface area contributed by atoms with Gasteiger partial charge in [0.25, 0.3) is 0 Å². The Morgan fingerprint density at radius 2 is 2.00 bits per heavy atom. The Labute approximate surface area is 126 Å². The number of benzene rings is 1. The van der Waals surface area contributed by atoms with Gasteiger partial charge in [-0.2, -0.15) is 0 Å². The highest BCUT2D eigenvalue weighted by molar-refractivity contribution is 5.74. The lowest BCUT2D eigenvalue weighted by Crippen LogP contribution is -2.35. The first-order chi connectivity index (χ1) is 9.97. The summed E-state index contributed by atoms with van der Waals surface area (Å²) in [4.78, 5) is 10.7. The maximum absolute atomic E-state index is 10.7. The summed E-state index contributed by atoms with van der Waals surface area (Å²) in [7, 11) is 0. The molecule has 0 saturated carbocycles. The van der Waals surface area contributed by atoms with E-state index in [4.69, 9.17) is 4.74 Å². The fourth-order valence-corrected chi connectivity index (χ4v) is 1.55. The number of aliphatic hydroxyl groups excluding tert-OH is 1. The zero-order chi connectivity index (χ0) is 15.7. The molecule has 0 aliphatic carbocycles. The number of nitrogens with one attached hydrogen (secondary N) is 2. The first kappa shape index (κ1) is 17.2. The predicted molar refractivity (Wildman–Crippen MR) is 83.9 cm³/mol. The van der Waals surface area contributed by atoms with Crippen molar-refractivity contribution in [3.05, 3.63) is 36.0 Å². The molecule has 0 fully saturated rings. The summed E-state index contributed by atoms with van der Waals surface area (Å²) < 4.78 is 5.51. The van der Waals surface area contributed by atoms with Gasteiger partial charge in [-0.3, -0.25) is 4.79 Å². The molecule has 1 rings (SSSR count). The van der Waals surface area contributed by atoms with Crippen LogP contribution in [0.3, 0.4) is 0 Å². The Morgan fingerprint density at radius 3 is 2.57 bits per heavy atom. The molecule has 1 atom stereocenters. The summed E-state index contributed by atoms with van der Waals surface area (Å²) in [6.07, 6.45) is 2.86. The molecule has 5 nitrogen and oxygen atoms in total. The van der Waals surface area contributed by atoms with Crippen molar-refractivity contribution in [2.24, 2.45) is 0 Å². The first-order valence-corrected chi connectivity index (χ1v) is 7.05. The second-order valence-corrected chi connectivity index (χ2v) is 5.13. The highest BCUT2D eigenvalue weighted by Crippen LogP contribution is 2.13. The quantitative estimate of drug-likeness (QED) is 0.679. The fourth-order valence-electron chi connectivity index (χ4n) is 1.55. The summed E-state index contributed by atoms with van der Waals surface area (Å²) in [5.74, 6) is 0.602. The second-order valence-electron chi connectivity index (χ2n) is 5.13. The van der Waals surface area contributed by atoms with E-state index in [9.17, 15) is 9.90 Å². The highest BCUT2D eigenvalue weighted by Gasteiger charge is 2.05. The summed E-state index contributed by atoms with van der Waals surface area (Å²) >= 11 is 0. The van der Waals surface area contributed by atoms with Crippen molar-refractivity contribution in [3.8, 4) is 5.75 Å². The van der Waals surface area contributed by atoms with Gasteiger partial charge < -0.3 is 20.5 Å². The third kappa shape index (κ3) is 8.12. The van der Waals surface area contributed by atoms with E-state index in [1.165, 1.54) is 6.92 Å². The van der Waals surface area contributed by atoms with Crippen LogP contribution in [-0.2, 0) is 4.79 Å². The average molecular weight is 292 g/mol. The summed E-state index contributed by atoms with van der Waals surface area (Å²) in [6.45, 7) is 6.28. The van der Waals surface area contributed by atoms with E-state index < -0.39 is 6.10 Å². The molecule has 116 valence electrons. The van der Waals surface area contributed by atoms with Gasteiger partial charge in [-0.15, -0.1) is 0 Å². The van der Waals surface area contributed by atoms with Crippen LogP contribution in [0.15, 0.2) is 30.5 Å². The Balaban J connectivity index is 2.37. The topological polar surface area (TPSA) is 70.6 Å². The van der Waals surface area contributed by atoms with Crippen LogP contribution in [0.5, 0.6) is 5.75 Å². The third-order valence-corrected chi connectivity index (χ3v) is 2.65. The minimum atomic E-state index is -0.535. The lowest BCUT2D eigenvalue weighted by atomic mass is 10.2. The minimum absolute atomic E-state index is 0.102. The normalized spacial score (nSPS) is 12.6. The summed E-state index contributed by atoms with van der Waals surface area (Å²) in [5.41, 5.74) is 0.957. The molecule has 0 saturated heterocycles. The van der Waals surface area contributed by atoms with Crippen molar-refractivity contribution in [2.75, 3.05) is 13.2 Å².